The average molecular weight is 680 g/mol. The van der Waals surface area contributed by atoms with Crippen LogP contribution in [0.5, 0.6) is 0 Å². The van der Waals surface area contributed by atoms with Crippen molar-refractivity contribution < 1.29 is 4.42 Å². The van der Waals surface area contributed by atoms with Crippen LogP contribution in [0, 0.1) is 0 Å². The fourth-order valence-electron chi connectivity index (χ4n) is 7.00. The number of hydrogen-bond donors (Lipinski definition) is 0. The van der Waals surface area contributed by atoms with E-state index in [1.165, 1.54) is 5.56 Å². The quantitative estimate of drug-likeness (QED) is 0.174. The third-order valence-electron chi connectivity index (χ3n) is 9.67. The Kier molecular flexibility index (Phi) is 7.36. The van der Waals surface area contributed by atoms with Crippen molar-refractivity contribution in [2.45, 2.75) is 0 Å². The molecular formula is C47H29N5O. The molecule has 6 heteroatoms. The molecule has 0 amide bonds. The fourth-order valence-corrected chi connectivity index (χ4v) is 7.00. The number of fused-ring (bicyclic) bond motifs is 5. The summed E-state index contributed by atoms with van der Waals surface area (Å²) in [7, 11) is 0. The minimum atomic E-state index is 0.611. The average Bonchev–Trinajstić information content (AvgIpc) is 3.64. The van der Waals surface area contributed by atoms with Gasteiger partial charge in [-0.3, -0.25) is 0 Å². The summed E-state index contributed by atoms with van der Waals surface area (Å²) in [6.07, 6.45) is 1.62. The number of furan rings is 1. The van der Waals surface area contributed by atoms with Crippen molar-refractivity contribution in [1.82, 2.24) is 24.9 Å². The van der Waals surface area contributed by atoms with E-state index in [1.54, 1.807) is 6.33 Å². The van der Waals surface area contributed by atoms with Crippen LogP contribution >= 0.6 is 0 Å². The Morgan fingerprint density at radius 3 is 1.64 bits per heavy atom. The van der Waals surface area contributed by atoms with E-state index in [4.69, 9.17) is 19.4 Å². The summed E-state index contributed by atoms with van der Waals surface area (Å²) in [5.74, 6) is 1.86. The molecule has 0 saturated heterocycles. The van der Waals surface area contributed by atoms with Gasteiger partial charge in [0.1, 0.15) is 23.1 Å². The summed E-state index contributed by atoms with van der Waals surface area (Å²) in [5.41, 5.74) is 11.2. The van der Waals surface area contributed by atoms with Crippen molar-refractivity contribution in [2.24, 2.45) is 0 Å². The molecule has 3 heterocycles. The van der Waals surface area contributed by atoms with Crippen molar-refractivity contribution in [2.75, 3.05) is 0 Å². The smallest absolute Gasteiger partial charge is 0.180 e. The van der Waals surface area contributed by atoms with Crippen molar-refractivity contribution in [3.05, 3.63) is 176 Å². The predicted octanol–water partition coefficient (Wildman–Crippen LogP) is 11.7. The lowest BCUT2D eigenvalue weighted by molar-refractivity contribution is 0.667. The van der Waals surface area contributed by atoms with Gasteiger partial charge < -0.3 is 4.42 Å². The molecule has 0 aliphatic rings. The zero-order valence-corrected chi connectivity index (χ0v) is 28.4. The van der Waals surface area contributed by atoms with Crippen LogP contribution in [0.4, 0.5) is 0 Å². The number of rotatable bonds is 6. The molecule has 0 aliphatic heterocycles. The third-order valence-corrected chi connectivity index (χ3v) is 9.67. The van der Waals surface area contributed by atoms with E-state index in [2.05, 4.69) is 113 Å². The van der Waals surface area contributed by atoms with Crippen molar-refractivity contribution in [3.8, 4) is 67.7 Å². The molecule has 0 radical (unpaired) electrons. The van der Waals surface area contributed by atoms with Gasteiger partial charge in [0.15, 0.2) is 23.1 Å². The molecule has 10 aromatic rings. The fraction of sp³-hybridized carbons (Fsp3) is 0. The van der Waals surface area contributed by atoms with E-state index in [0.29, 0.717) is 23.1 Å². The van der Waals surface area contributed by atoms with E-state index in [0.717, 1.165) is 71.9 Å². The molecule has 10 rings (SSSR count). The first-order chi connectivity index (χ1) is 26.2. The summed E-state index contributed by atoms with van der Waals surface area (Å²) in [6, 6.07) is 57.9. The molecule has 0 bridgehead atoms. The van der Waals surface area contributed by atoms with Gasteiger partial charge in [-0.05, 0) is 45.2 Å². The Morgan fingerprint density at radius 2 is 0.906 bits per heavy atom. The SMILES string of the molecule is c1ccc(-c2ccc(-c3nc(-c4ccccc4)nc(-c4cccc(-c5ccc(-c6ncnc7c6oc6ccc8ccccc8c67)cc5)c4)n3)cc2)cc1. The molecular weight excluding hydrogens is 651 g/mol. The summed E-state index contributed by atoms with van der Waals surface area (Å²) in [6.45, 7) is 0. The first-order valence-corrected chi connectivity index (χ1v) is 17.5. The van der Waals surface area contributed by atoms with Gasteiger partial charge >= 0.3 is 0 Å². The van der Waals surface area contributed by atoms with Gasteiger partial charge in [-0.1, -0.05) is 158 Å². The summed E-state index contributed by atoms with van der Waals surface area (Å²) in [4.78, 5) is 24.2. The van der Waals surface area contributed by atoms with Gasteiger partial charge in [0.2, 0.25) is 0 Å². The van der Waals surface area contributed by atoms with Gasteiger partial charge in [0.25, 0.3) is 0 Å². The lowest BCUT2D eigenvalue weighted by atomic mass is 10.00. The van der Waals surface area contributed by atoms with Crippen LogP contribution in [0.2, 0.25) is 0 Å². The normalized spacial score (nSPS) is 11.4. The number of benzene rings is 7. The zero-order valence-electron chi connectivity index (χ0n) is 28.4. The second-order valence-corrected chi connectivity index (χ2v) is 12.9. The number of hydrogen-bond acceptors (Lipinski definition) is 6. The van der Waals surface area contributed by atoms with Gasteiger partial charge in [0.05, 0.1) is 5.39 Å². The second-order valence-electron chi connectivity index (χ2n) is 12.9. The molecule has 53 heavy (non-hydrogen) atoms. The van der Waals surface area contributed by atoms with Crippen LogP contribution < -0.4 is 0 Å². The van der Waals surface area contributed by atoms with E-state index in [1.807, 2.05) is 66.7 Å². The highest BCUT2D eigenvalue weighted by Crippen LogP contribution is 2.38. The van der Waals surface area contributed by atoms with Crippen LogP contribution in [-0.4, -0.2) is 24.9 Å². The monoisotopic (exact) mass is 679 g/mol. The Morgan fingerprint density at radius 1 is 0.377 bits per heavy atom. The van der Waals surface area contributed by atoms with Crippen LogP contribution in [-0.2, 0) is 0 Å². The van der Waals surface area contributed by atoms with Crippen LogP contribution in [0.25, 0.3) is 101 Å². The first kappa shape index (κ1) is 30.5. The first-order valence-electron chi connectivity index (χ1n) is 17.5. The lowest BCUT2D eigenvalue weighted by Gasteiger charge is -2.10. The highest BCUT2D eigenvalue weighted by Gasteiger charge is 2.17. The second kappa shape index (κ2) is 12.8. The van der Waals surface area contributed by atoms with E-state index in [-0.39, 0.29) is 0 Å². The highest BCUT2D eigenvalue weighted by molar-refractivity contribution is 6.18. The van der Waals surface area contributed by atoms with Gasteiger partial charge in [0, 0.05) is 22.3 Å². The Labute approximate surface area is 305 Å². The minimum Gasteiger partial charge on any atom is -0.452 e. The molecule has 0 unspecified atom stereocenters. The standard InChI is InChI=1S/C47H29N5O/c1-3-10-30(11-4-1)31-20-24-36(25-21-31)46-50-45(35-13-5-2-6-14-35)51-47(52-46)38-16-9-15-37(28-38)32-18-22-34(23-19-32)42-44-43(49-29-48-42)41-39-17-8-7-12-33(39)26-27-40(41)53-44/h1-29H. The predicted molar refractivity (Wildman–Crippen MR) is 213 cm³/mol. The molecule has 3 aromatic heterocycles. The highest BCUT2D eigenvalue weighted by atomic mass is 16.3. The molecule has 0 saturated carbocycles. The Bertz CT molecular complexity index is 2920. The van der Waals surface area contributed by atoms with Crippen molar-refractivity contribution in [3.63, 3.8) is 0 Å². The summed E-state index contributed by atoms with van der Waals surface area (Å²) < 4.78 is 6.39. The largest absolute Gasteiger partial charge is 0.452 e. The summed E-state index contributed by atoms with van der Waals surface area (Å²) in [5, 5.41) is 3.28. The molecule has 7 aromatic carbocycles. The maximum Gasteiger partial charge on any atom is 0.180 e. The molecule has 0 aliphatic carbocycles. The molecule has 0 N–H and O–H groups in total. The van der Waals surface area contributed by atoms with Crippen LogP contribution in [0.1, 0.15) is 0 Å². The van der Waals surface area contributed by atoms with E-state index in [9.17, 15) is 0 Å². The van der Waals surface area contributed by atoms with Crippen molar-refractivity contribution >= 4 is 32.8 Å². The molecule has 6 nitrogen and oxygen atoms in total. The lowest BCUT2D eigenvalue weighted by Crippen LogP contribution is -2.00. The van der Waals surface area contributed by atoms with E-state index >= 15 is 0 Å². The Balaban J connectivity index is 1.01. The minimum absolute atomic E-state index is 0.611. The van der Waals surface area contributed by atoms with Gasteiger partial charge in [-0.2, -0.15) is 0 Å². The van der Waals surface area contributed by atoms with Crippen LogP contribution in [0.3, 0.4) is 0 Å². The Hall–Kier alpha value is -7.31. The summed E-state index contributed by atoms with van der Waals surface area (Å²) >= 11 is 0. The zero-order chi connectivity index (χ0) is 35.1. The molecule has 0 spiro atoms. The maximum absolute atomic E-state index is 6.39. The van der Waals surface area contributed by atoms with Gasteiger partial charge in [-0.15, -0.1) is 0 Å². The third kappa shape index (κ3) is 5.59. The van der Waals surface area contributed by atoms with Crippen LogP contribution in [0.15, 0.2) is 181 Å². The number of aromatic nitrogens is 5. The van der Waals surface area contributed by atoms with Gasteiger partial charge in [-0.25, -0.2) is 24.9 Å². The molecule has 0 atom stereocenters. The molecule has 0 fully saturated rings. The topological polar surface area (TPSA) is 77.6 Å². The maximum atomic E-state index is 6.39. The number of nitrogens with zero attached hydrogens (tertiary/aromatic N) is 5. The van der Waals surface area contributed by atoms with Crippen molar-refractivity contribution in [1.29, 1.82) is 0 Å². The van der Waals surface area contributed by atoms with E-state index < -0.39 is 0 Å². The molecule has 248 valence electrons.